The summed E-state index contributed by atoms with van der Waals surface area (Å²) < 4.78 is 3.68. The zero-order chi connectivity index (χ0) is 21.1. The molecule has 0 N–H and O–H groups in total. The average molecular weight is 419 g/mol. The Hall–Kier alpha value is -3.39. The fraction of sp³-hybridized carbons (Fsp3) is 0.182. The van der Waals surface area contributed by atoms with Gasteiger partial charge in [-0.25, -0.2) is 14.6 Å². The Bertz CT molecular complexity index is 1140. The Balaban J connectivity index is 1.54. The molecule has 7 nitrogen and oxygen atoms in total. The second kappa shape index (κ2) is 8.54. The Labute approximate surface area is 179 Å². The number of thioether (sulfide) groups is 1. The predicted octanol–water partition coefficient (Wildman–Crippen LogP) is 4.01. The summed E-state index contributed by atoms with van der Waals surface area (Å²) >= 11 is 1.57. The third-order valence-electron chi connectivity index (χ3n) is 5.12. The molecule has 4 aromatic rings. The van der Waals surface area contributed by atoms with Crippen LogP contribution in [0.15, 0.2) is 78.7 Å². The van der Waals surface area contributed by atoms with Gasteiger partial charge in [0.05, 0.1) is 11.7 Å². The average Bonchev–Trinajstić information content (AvgIpc) is 3.50. The molecule has 152 valence electrons. The first kappa shape index (κ1) is 19.9. The molecule has 0 aliphatic carbocycles. The van der Waals surface area contributed by atoms with Crippen LogP contribution in [0.4, 0.5) is 0 Å². The van der Waals surface area contributed by atoms with Gasteiger partial charge < -0.3 is 4.90 Å². The number of nitrogens with zero attached hydrogens (tertiary/aromatic N) is 6. The minimum atomic E-state index is -0.0824. The van der Waals surface area contributed by atoms with Crippen molar-refractivity contribution in [1.29, 1.82) is 0 Å². The molecule has 30 heavy (non-hydrogen) atoms. The van der Waals surface area contributed by atoms with Crippen molar-refractivity contribution in [2.24, 2.45) is 0 Å². The van der Waals surface area contributed by atoms with Gasteiger partial charge in [0, 0.05) is 30.7 Å². The largest absolute Gasteiger partial charge is 0.335 e. The molecule has 0 fully saturated rings. The van der Waals surface area contributed by atoms with Crippen molar-refractivity contribution < 1.29 is 4.79 Å². The summed E-state index contributed by atoms with van der Waals surface area (Å²) in [6.07, 6.45) is 8.81. The molecule has 0 aliphatic rings. The number of amides is 1. The van der Waals surface area contributed by atoms with Crippen molar-refractivity contribution in [3.05, 3.63) is 84.7 Å². The Morgan fingerprint density at radius 1 is 1.13 bits per heavy atom. The number of hydrogen-bond acceptors (Lipinski definition) is 5. The lowest BCUT2D eigenvalue weighted by Crippen LogP contribution is -2.29. The highest BCUT2D eigenvalue weighted by Gasteiger charge is 2.20. The molecule has 8 heteroatoms. The van der Waals surface area contributed by atoms with Gasteiger partial charge in [0.15, 0.2) is 5.16 Å². The summed E-state index contributed by atoms with van der Waals surface area (Å²) in [6.45, 7) is 2.02. The van der Waals surface area contributed by atoms with Crippen molar-refractivity contribution in [3.63, 3.8) is 0 Å². The van der Waals surface area contributed by atoms with Gasteiger partial charge in [-0.3, -0.25) is 9.36 Å². The molecule has 1 atom stereocenters. The molecule has 0 bridgehead atoms. The minimum Gasteiger partial charge on any atom is -0.335 e. The highest BCUT2D eigenvalue weighted by Crippen LogP contribution is 2.24. The van der Waals surface area contributed by atoms with Gasteiger partial charge in [0.25, 0.3) is 5.91 Å². The number of aromatic nitrogens is 5. The lowest BCUT2D eigenvalue weighted by atomic mass is 10.1. The van der Waals surface area contributed by atoms with Crippen LogP contribution in [-0.2, 0) is 0 Å². The van der Waals surface area contributed by atoms with Gasteiger partial charge >= 0.3 is 0 Å². The van der Waals surface area contributed by atoms with Gasteiger partial charge in [-0.15, -0.1) is 0 Å². The van der Waals surface area contributed by atoms with E-state index < -0.39 is 0 Å². The molecule has 0 saturated heterocycles. The van der Waals surface area contributed by atoms with E-state index in [1.165, 1.54) is 6.33 Å². The normalized spacial score (nSPS) is 12.0. The number of carbonyl (C=O) groups is 1. The minimum absolute atomic E-state index is 0.0319. The quantitative estimate of drug-likeness (QED) is 0.443. The number of rotatable bonds is 6. The van der Waals surface area contributed by atoms with E-state index in [0.29, 0.717) is 5.56 Å². The summed E-state index contributed by atoms with van der Waals surface area (Å²) in [5, 5.41) is 5.02. The van der Waals surface area contributed by atoms with Crippen LogP contribution in [0, 0.1) is 0 Å². The summed E-state index contributed by atoms with van der Waals surface area (Å²) in [6, 6.07) is 15.5. The number of carbonyl (C=O) groups excluding carboxylic acids is 1. The molecule has 4 rings (SSSR count). The Morgan fingerprint density at radius 2 is 1.93 bits per heavy atom. The molecule has 0 spiro atoms. The van der Waals surface area contributed by atoms with Crippen molar-refractivity contribution >= 4 is 17.7 Å². The molecule has 2 aromatic heterocycles. The molecule has 1 unspecified atom stereocenters. The third kappa shape index (κ3) is 3.86. The number of hydrogen-bond donors (Lipinski definition) is 0. The van der Waals surface area contributed by atoms with Crippen molar-refractivity contribution in [2.45, 2.75) is 18.1 Å². The first-order valence-electron chi connectivity index (χ1n) is 9.48. The lowest BCUT2D eigenvalue weighted by Gasteiger charge is -2.26. The summed E-state index contributed by atoms with van der Waals surface area (Å²) in [5.41, 5.74) is 3.53. The van der Waals surface area contributed by atoms with Crippen LogP contribution in [-0.4, -0.2) is 48.4 Å². The van der Waals surface area contributed by atoms with Crippen LogP contribution in [0.1, 0.15) is 28.9 Å². The Morgan fingerprint density at radius 3 is 2.63 bits per heavy atom. The van der Waals surface area contributed by atoms with E-state index in [9.17, 15) is 4.79 Å². The SMILES string of the molecule is CSc1nccn1-c1cccc(C(=O)N(C)C(C)c2ccc(-n3cncn3)cc2)c1. The van der Waals surface area contributed by atoms with Gasteiger partial charge in [-0.05, 0) is 49.1 Å². The van der Waals surface area contributed by atoms with Crippen molar-refractivity contribution in [1.82, 2.24) is 29.2 Å². The fourth-order valence-electron chi connectivity index (χ4n) is 3.28. The van der Waals surface area contributed by atoms with Crippen molar-refractivity contribution in [2.75, 3.05) is 13.3 Å². The second-order valence-corrected chi connectivity index (χ2v) is 7.63. The van der Waals surface area contributed by atoms with E-state index in [-0.39, 0.29) is 11.9 Å². The van der Waals surface area contributed by atoms with Gasteiger partial charge in [0.1, 0.15) is 12.7 Å². The zero-order valence-electron chi connectivity index (χ0n) is 17.0. The van der Waals surface area contributed by atoms with E-state index in [2.05, 4.69) is 15.1 Å². The van der Waals surface area contributed by atoms with E-state index >= 15 is 0 Å². The van der Waals surface area contributed by atoms with Crippen LogP contribution in [0.3, 0.4) is 0 Å². The highest BCUT2D eigenvalue weighted by molar-refractivity contribution is 7.98. The Kier molecular flexibility index (Phi) is 5.67. The lowest BCUT2D eigenvalue weighted by molar-refractivity contribution is 0.0742. The number of imidazole rings is 1. The van der Waals surface area contributed by atoms with Gasteiger partial charge in [0.2, 0.25) is 0 Å². The number of benzene rings is 2. The van der Waals surface area contributed by atoms with E-state index in [0.717, 1.165) is 22.1 Å². The molecular formula is C22H22N6OS. The second-order valence-electron chi connectivity index (χ2n) is 6.86. The maximum absolute atomic E-state index is 13.2. The van der Waals surface area contributed by atoms with Crippen molar-refractivity contribution in [3.8, 4) is 11.4 Å². The summed E-state index contributed by atoms with van der Waals surface area (Å²) in [7, 11) is 1.83. The van der Waals surface area contributed by atoms with Crippen LogP contribution < -0.4 is 0 Å². The van der Waals surface area contributed by atoms with E-state index in [1.807, 2.05) is 79.5 Å². The van der Waals surface area contributed by atoms with E-state index in [4.69, 9.17) is 0 Å². The fourth-order valence-corrected chi connectivity index (χ4v) is 3.81. The van der Waals surface area contributed by atoms with Gasteiger partial charge in [-0.1, -0.05) is 30.0 Å². The van der Waals surface area contributed by atoms with Gasteiger partial charge in [-0.2, -0.15) is 5.10 Å². The zero-order valence-corrected chi connectivity index (χ0v) is 17.8. The molecule has 0 radical (unpaired) electrons. The molecule has 1 amide bonds. The first-order valence-corrected chi connectivity index (χ1v) is 10.7. The summed E-state index contributed by atoms with van der Waals surface area (Å²) in [4.78, 5) is 23.2. The van der Waals surface area contributed by atoms with Crippen LogP contribution in [0.5, 0.6) is 0 Å². The molecule has 2 aromatic carbocycles. The maximum atomic E-state index is 13.2. The predicted molar refractivity (Wildman–Crippen MR) is 117 cm³/mol. The first-order chi connectivity index (χ1) is 14.6. The third-order valence-corrected chi connectivity index (χ3v) is 5.79. The molecule has 2 heterocycles. The standard InChI is InChI=1S/C22H22N6OS/c1-16(17-7-9-19(10-8-17)28-15-23-14-25-28)26(2)21(29)18-5-4-6-20(13-18)27-12-11-24-22(27)30-3/h4-16H,1-3H3. The smallest absolute Gasteiger partial charge is 0.254 e. The van der Waals surface area contributed by atoms with Crippen LogP contribution >= 0.6 is 11.8 Å². The van der Waals surface area contributed by atoms with Crippen LogP contribution in [0.25, 0.3) is 11.4 Å². The monoisotopic (exact) mass is 418 g/mol. The van der Waals surface area contributed by atoms with E-state index in [1.54, 1.807) is 33.9 Å². The molecular weight excluding hydrogens is 396 g/mol. The maximum Gasteiger partial charge on any atom is 0.254 e. The molecule has 0 aliphatic heterocycles. The summed E-state index contributed by atoms with van der Waals surface area (Å²) in [5.74, 6) is -0.0319. The molecule has 0 saturated carbocycles. The topological polar surface area (TPSA) is 68.8 Å². The van der Waals surface area contributed by atoms with Crippen LogP contribution in [0.2, 0.25) is 0 Å². The highest BCUT2D eigenvalue weighted by atomic mass is 32.2.